The fourth-order valence-electron chi connectivity index (χ4n) is 1.37. The van der Waals surface area contributed by atoms with E-state index in [1.54, 1.807) is 18.0 Å². The van der Waals surface area contributed by atoms with Crippen LogP contribution in [0.25, 0.3) is 0 Å². The molecule has 0 saturated heterocycles. The van der Waals surface area contributed by atoms with Crippen molar-refractivity contribution in [3.63, 3.8) is 0 Å². The molecule has 0 fully saturated rings. The van der Waals surface area contributed by atoms with Crippen molar-refractivity contribution in [2.45, 2.75) is 20.4 Å². The smallest absolute Gasteiger partial charge is 0.164 e. The van der Waals surface area contributed by atoms with E-state index in [4.69, 9.17) is 22.1 Å². The average Bonchev–Trinajstić information content (AvgIpc) is 2.29. The van der Waals surface area contributed by atoms with E-state index in [-0.39, 0.29) is 5.41 Å². The normalized spacial score (nSPS) is 12.0. The molecule has 5 heteroatoms. The largest absolute Gasteiger partial charge is 0.384 e. The van der Waals surface area contributed by atoms with Crippen LogP contribution >= 0.6 is 11.6 Å². The molecule has 0 unspecified atom stereocenters. The third-order valence-electron chi connectivity index (χ3n) is 1.87. The molecule has 0 aromatic carbocycles. The molecule has 0 saturated carbocycles. The number of nitrogens with two attached hydrogens (primary N) is 1. The third-order valence-corrected chi connectivity index (χ3v) is 2.16. The van der Waals surface area contributed by atoms with Crippen LogP contribution < -0.4 is 5.73 Å². The van der Waals surface area contributed by atoms with E-state index in [0.717, 1.165) is 6.54 Å². The zero-order chi connectivity index (χ0) is 10.8. The molecule has 1 aromatic rings. The number of hydrogen-bond donors (Lipinski definition) is 1. The molecule has 0 bridgehead atoms. The van der Waals surface area contributed by atoms with Crippen molar-refractivity contribution in [2.24, 2.45) is 5.41 Å². The molecule has 80 valence electrons. The van der Waals surface area contributed by atoms with Crippen LogP contribution in [-0.4, -0.2) is 23.5 Å². The zero-order valence-electron chi connectivity index (χ0n) is 8.75. The van der Waals surface area contributed by atoms with E-state index in [9.17, 15) is 0 Å². The molecule has 1 heterocycles. The highest BCUT2D eigenvalue weighted by atomic mass is 35.5. The lowest BCUT2D eigenvalue weighted by molar-refractivity contribution is 0.0892. The van der Waals surface area contributed by atoms with Gasteiger partial charge < -0.3 is 10.5 Å². The molecule has 0 amide bonds. The molecule has 0 aliphatic heterocycles. The zero-order valence-corrected chi connectivity index (χ0v) is 9.51. The van der Waals surface area contributed by atoms with Gasteiger partial charge in [-0.15, -0.1) is 0 Å². The Morgan fingerprint density at radius 3 is 2.71 bits per heavy atom. The van der Waals surface area contributed by atoms with Crippen molar-refractivity contribution in [1.29, 1.82) is 0 Å². The van der Waals surface area contributed by atoms with Gasteiger partial charge in [0.15, 0.2) is 5.82 Å². The number of ether oxygens (including phenoxy) is 1. The van der Waals surface area contributed by atoms with Crippen LogP contribution in [-0.2, 0) is 11.3 Å². The molecule has 0 aliphatic rings. The Labute approximate surface area is 89.0 Å². The number of rotatable bonds is 4. The second-order valence-electron chi connectivity index (χ2n) is 4.16. The summed E-state index contributed by atoms with van der Waals surface area (Å²) in [5.74, 6) is 0.375. The van der Waals surface area contributed by atoms with Crippen molar-refractivity contribution in [3.8, 4) is 0 Å². The lowest BCUT2D eigenvalue weighted by Crippen LogP contribution is -2.25. The SMILES string of the molecule is COCC(C)(C)Cn1cc(Cl)c(N)n1. The van der Waals surface area contributed by atoms with Crippen LogP contribution in [0.3, 0.4) is 0 Å². The Kier molecular flexibility index (Phi) is 3.39. The molecular weight excluding hydrogens is 202 g/mol. The second-order valence-corrected chi connectivity index (χ2v) is 4.56. The van der Waals surface area contributed by atoms with Crippen LogP contribution in [0.1, 0.15) is 13.8 Å². The highest BCUT2D eigenvalue weighted by molar-refractivity contribution is 6.32. The fourth-order valence-corrected chi connectivity index (χ4v) is 1.52. The molecule has 4 nitrogen and oxygen atoms in total. The van der Waals surface area contributed by atoms with Gasteiger partial charge in [-0.3, -0.25) is 4.68 Å². The predicted molar refractivity (Wildman–Crippen MR) is 57.3 cm³/mol. The Morgan fingerprint density at radius 1 is 1.64 bits per heavy atom. The van der Waals surface area contributed by atoms with E-state index in [1.807, 2.05) is 0 Å². The number of nitrogen functional groups attached to an aromatic ring is 1. The first-order valence-electron chi connectivity index (χ1n) is 4.42. The minimum Gasteiger partial charge on any atom is -0.384 e. The lowest BCUT2D eigenvalue weighted by Gasteiger charge is -2.23. The summed E-state index contributed by atoms with van der Waals surface area (Å²) in [6.07, 6.45) is 1.73. The van der Waals surface area contributed by atoms with Crippen molar-refractivity contribution in [3.05, 3.63) is 11.2 Å². The topological polar surface area (TPSA) is 53.1 Å². The van der Waals surface area contributed by atoms with Gasteiger partial charge in [0.1, 0.15) is 5.02 Å². The van der Waals surface area contributed by atoms with Gasteiger partial charge in [0.2, 0.25) is 0 Å². The van der Waals surface area contributed by atoms with Crippen molar-refractivity contribution in [1.82, 2.24) is 9.78 Å². The van der Waals surface area contributed by atoms with E-state index in [1.165, 1.54) is 0 Å². The molecule has 0 atom stereocenters. The summed E-state index contributed by atoms with van der Waals surface area (Å²) >= 11 is 5.80. The first-order chi connectivity index (χ1) is 6.44. The summed E-state index contributed by atoms with van der Waals surface area (Å²) in [5.41, 5.74) is 5.56. The van der Waals surface area contributed by atoms with Crippen LogP contribution in [0, 0.1) is 5.41 Å². The number of methoxy groups -OCH3 is 1. The number of anilines is 1. The quantitative estimate of drug-likeness (QED) is 0.837. The Bertz CT molecular complexity index is 290. The third kappa shape index (κ3) is 2.89. The van der Waals surface area contributed by atoms with E-state index >= 15 is 0 Å². The first kappa shape index (κ1) is 11.3. The van der Waals surface area contributed by atoms with E-state index in [2.05, 4.69) is 18.9 Å². The second kappa shape index (κ2) is 4.19. The van der Waals surface area contributed by atoms with Crippen molar-refractivity contribution in [2.75, 3.05) is 19.5 Å². The van der Waals surface area contributed by atoms with Gasteiger partial charge in [-0.1, -0.05) is 25.4 Å². The van der Waals surface area contributed by atoms with E-state index < -0.39 is 0 Å². The minimum absolute atomic E-state index is 0.0243. The maximum absolute atomic E-state index is 5.80. The summed E-state index contributed by atoms with van der Waals surface area (Å²) in [4.78, 5) is 0. The highest BCUT2D eigenvalue weighted by Gasteiger charge is 2.19. The number of halogens is 1. The van der Waals surface area contributed by atoms with Gasteiger partial charge in [-0.25, -0.2) is 0 Å². The molecule has 1 aromatic heterocycles. The van der Waals surface area contributed by atoms with E-state index in [0.29, 0.717) is 17.4 Å². The highest BCUT2D eigenvalue weighted by Crippen LogP contribution is 2.21. The van der Waals surface area contributed by atoms with Gasteiger partial charge in [-0.2, -0.15) is 5.10 Å². The van der Waals surface area contributed by atoms with Crippen LogP contribution in [0.2, 0.25) is 5.02 Å². The molecule has 0 radical (unpaired) electrons. The summed E-state index contributed by atoms with van der Waals surface area (Å²) in [5, 5.41) is 4.58. The number of aromatic nitrogens is 2. The average molecular weight is 218 g/mol. The molecule has 0 spiro atoms. The molecule has 1 rings (SSSR count). The van der Waals surface area contributed by atoms with Crippen molar-refractivity contribution >= 4 is 17.4 Å². The predicted octanol–water partition coefficient (Wildman–Crippen LogP) is 1.79. The molecule has 14 heavy (non-hydrogen) atoms. The number of nitrogens with zero attached hydrogens (tertiary/aromatic N) is 2. The standard InChI is InChI=1S/C9H16ClN3O/c1-9(2,6-14-3)5-13-4-7(10)8(11)12-13/h4H,5-6H2,1-3H3,(H2,11,12). The monoisotopic (exact) mass is 217 g/mol. The molecule has 0 aliphatic carbocycles. The Balaban J connectivity index is 2.68. The Morgan fingerprint density at radius 2 is 2.29 bits per heavy atom. The summed E-state index contributed by atoms with van der Waals surface area (Å²) in [6, 6.07) is 0. The minimum atomic E-state index is 0.0243. The summed E-state index contributed by atoms with van der Waals surface area (Å²) in [7, 11) is 1.69. The Hall–Kier alpha value is -0.740. The van der Waals surface area contributed by atoms with Crippen molar-refractivity contribution < 1.29 is 4.74 Å². The summed E-state index contributed by atoms with van der Waals surface area (Å²) < 4.78 is 6.86. The van der Waals surface area contributed by atoms with Crippen LogP contribution in [0.5, 0.6) is 0 Å². The van der Waals surface area contributed by atoms with Gasteiger partial charge in [-0.05, 0) is 0 Å². The molecular formula is C9H16ClN3O. The van der Waals surface area contributed by atoms with Gasteiger partial charge >= 0.3 is 0 Å². The fraction of sp³-hybridized carbons (Fsp3) is 0.667. The van der Waals surface area contributed by atoms with Gasteiger partial charge in [0.25, 0.3) is 0 Å². The maximum Gasteiger partial charge on any atom is 0.164 e. The molecule has 2 N–H and O–H groups in total. The van der Waals surface area contributed by atoms with Gasteiger partial charge in [0.05, 0.1) is 6.61 Å². The number of hydrogen-bond acceptors (Lipinski definition) is 3. The summed E-state index contributed by atoms with van der Waals surface area (Å²) in [6.45, 7) is 5.60. The maximum atomic E-state index is 5.80. The first-order valence-corrected chi connectivity index (χ1v) is 4.80. The van der Waals surface area contributed by atoms with Crippen LogP contribution in [0.15, 0.2) is 6.20 Å². The van der Waals surface area contributed by atoms with Crippen LogP contribution in [0.4, 0.5) is 5.82 Å². The lowest BCUT2D eigenvalue weighted by atomic mass is 9.95. The van der Waals surface area contributed by atoms with Gasteiger partial charge in [0, 0.05) is 25.3 Å².